The minimum Gasteiger partial charge on any atom is -0.392 e. The van der Waals surface area contributed by atoms with E-state index in [1.807, 2.05) is 7.11 Å². The summed E-state index contributed by atoms with van der Waals surface area (Å²) in [6.07, 6.45) is 4.99. The number of aliphatic hydroxyl groups is 2. The van der Waals surface area contributed by atoms with Crippen molar-refractivity contribution in [2.45, 2.75) is 70.3 Å². The summed E-state index contributed by atoms with van der Waals surface area (Å²) in [5.74, 6) is 1.32. The van der Waals surface area contributed by atoms with Crippen LogP contribution in [0.2, 0.25) is 0 Å². The summed E-state index contributed by atoms with van der Waals surface area (Å²) in [7, 11) is 1.88. The molecule has 7 bridgehead atoms. The largest absolute Gasteiger partial charge is 0.392 e. The van der Waals surface area contributed by atoms with Crippen LogP contribution in [0.1, 0.15) is 46.0 Å². The Morgan fingerprint density at radius 1 is 1.26 bits per heavy atom. The van der Waals surface area contributed by atoms with Gasteiger partial charge in [0.25, 0.3) is 0 Å². The van der Waals surface area contributed by atoms with Gasteiger partial charge in [0.2, 0.25) is 0 Å². The number of hydrogen-bond donors (Lipinski definition) is 2. The van der Waals surface area contributed by atoms with E-state index >= 15 is 0 Å². The van der Waals surface area contributed by atoms with Crippen molar-refractivity contribution in [3.63, 3.8) is 0 Å². The number of rotatable bonds is 2. The zero-order valence-electron chi connectivity index (χ0n) is 17.0. The normalized spacial score (nSPS) is 63.5. The van der Waals surface area contributed by atoms with Gasteiger partial charge in [0.05, 0.1) is 18.3 Å². The molecule has 1 heterocycles. The maximum atomic E-state index is 11.6. The standard InChI is InChI=1S/C23H35NO3/c1-5-24-11-21(3)8-7-16(27-4)23-15(21)10-14(19(23)24)22-9-6-13(12(2)20(22)26)17(25)18(22)23/h13-20,25-26H,2,5-11H2,1,3-4H3/t13-,14+,15-,16-,17-,18+,19+,20+,21?,22?,23?/m0/s1. The highest BCUT2D eigenvalue weighted by Crippen LogP contribution is 2.83. The number of ether oxygens (including phenoxy) is 1. The fourth-order valence-corrected chi connectivity index (χ4v) is 10.3. The van der Waals surface area contributed by atoms with Crippen molar-refractivity contribution >= 4 is 0 Å². The SMILES string of the molecule is C=C1[C@@H](O)C23CC[C@@H]1[C@H](O)[C@H]2C12[C@@H](OC)CCC4(C)CN(CC)[C@@H]1[C@H]3C[C@@H]42. The van der Waals surface area contributed by atoms with Crippen molar-refractivity contribution < 1.29 is 14.9 Å². The second-order valence-corrected chi connectivity index (χ2v) is 11.0. The van der Waals surface area contributed by atoms with Gasteiger partial charge in [-0.15, -0.1) is 0 Å². The molecular formula is C23H35NO3. The molecule has 0 aromatic carbocycles. The number of hydrogen-bond acceptors (Lipinski definition) is 4. The lowest BCUT2D eigenvalue weighted by Gasteiger charge is -2.69. The highest BCUT2D eigenvalue weighted by Gasteiger charge is 2.86. The number of piperidine rings is 1. The highest BCUT2D eigenvalue weighted by molar-refractivity contribution is 5.39. The van der Waals surface area contributed by atoms with E-state index in [0.717, 1.165) is 31.4 Å². The predicted octanol–water partition coefficient (Wildman–Crippen LogP) is 2.45. The van der Waals surface area contributed by atoms with Crippen LogP contribution in [0.5, 0.6) is 0 Å². The van der Waals surface area contributed by atoms with Crippen LogP contribution in [0.3, 0.4) is 0 Å². The molecule has 27 heavy (non-hydrogen) atoms. The Kier molecular flexibility index (Phi) is 3.23. The minimum atomic E-state index is -0.444. The lowest BCUT2D eigenvalue weighted by molar-refractivity contribution is -0.260. The summed E-state index contributed by atoms with van der Waals surface area (Å²) in [5, 5.41) is 23.1. The molecule has 1 saturated heterocycles. The van der Waals surface area contributed by atoms with Gasteiger partial charge in [0, 0.05) is 42.4 Å². The van der Waals surface area contributed by atoms with E-state index in [9.17, 15) is 10.2 Å². The Balaban J connectivity index is 1.63. The summed E-state index contributed by atoms with van der Waals surface area (Å²) in [6.45, 7) is 11.3. The van der Waals surface area contributed by atoms with Crippen LogP contribution in [-0.4, -0.2) is 59.7 Å². The summed E-state index contributed by atoms with van der Waals surface area (Å²) < 4.78 is 6.24. The third-order valence-corrected chi connectivity index (χ3v) is 10.8. The molecule has 7 aliphatic rings. The molecular weight excluding hydrogens is 338 g/mol. The molecule has 0 aromatic heterocycles. The molecule has 3 unspecified atom stereocenters. The maximum absolute atomic E-state index is 11.6. The van der Waals surface area contributed by atoms with Gasteiger partial charge >= 0.3 is 0 Å². The molecule has 7 rings (SSSR count). The molecule has 6 saturated carbocycles. The van der Waals surface area contributed by atoms with Crippen LogP contribution < -0.4 is 0 Å². The Hall–Kier alpha value is -0.420. The number of aliphatic hydroxyl groups excluding tert-OH is 2. The van der Waals surface area contributed by atoms with Crippen LogP contribution in [0.15, 0.2) is 12.2 Å². The van der Waals surface area contributed by atoms with Crippen molar-refractivity contribution in [3.05, 3.63) is 12.2 Å². The van der Waals surface area contributed by atoms with Crippen molar-refractivity contribution in [1.29, 1.82) is 0 Å². The van der Waals surface area contributed by atoms with Gasteiger partial charge in [0.1, 0.15) is 0 Å². The van der Waals surface area contributed by atoms with Gasteiger partial charge < -0.3 is 14.9 Å². The van der Waals surface area contributed by atoms with Gasteiger partial charge in [-0.25, -0.2) is 0 Å². The Labute approximate surface area is 163 Å². The molecule has 11 atom stereocenters. The van der Waals surface area contributed by atoms with Crippen molar-refractivity contribution in [1.82, 2.24) is 4.90 Å². The molecule has 0 radical (unpaired) electrons. The second kappa shape index (κ2) is 5.00. The molecule has 2 N–H and O–H groups in total. The van der Waals surface area contributed by atoms with Crippen LogP contribution in [0.4, 0.5) is 0 Å². The lowest BCUT2D eigenvalue weighted by atomic mass is 9.38. The van der Waals surface area contributed by atoms with E-state index in [-0.39, 0.29) is 34.9 Å². The number of fused-ring (bicyclic) bond motifs is 2. The number of methoxy groups -OCH3 is 1. The average molecular weight is 374 g/mol. The van der Waals surface area contributed by atoms with Gasteiger partial charge in [0.15, 0.2) is 0 Å². The zero-order valence-corrected chi connectivity index (χ0v) is 17.0. The summed E-state index contributed by atoms with van der Waals surface area (Å²) in [4.78, 5) is 2.72. The molecule has 4 heteroatoms. The number of likely N-dealkylation sites (tertiary alicyclic amines) is 1. The fraction of sp³-hybridized carbons (Fsp3) is 0.913. The quantitative estimate of drug-likeness (QED) is 0.730. The van der Waals surface area contributed by atoms with E-state index in [0.29, 0.717) is 23.3 Å². The predicted molar refractivity (Wildman–Crippen MR) is 103 cm³/mol. The zero-order chi connectivity index (χ0) is 18.9. The molecule has 1 aliphatic heterocycles. The molecule has 7 fully saturated rings. The first kappa shape index (κ1) is 17.4. The Morgan fingerprint density at radius 3 is 2.74 bits per heavy atom. The minimum absolute atomic E-state index is 0.000440. The Morgan fingerprint density at radius 2 is 2.04 bits per heavy atom. The number of nitrogens with zero attached hydrogens (tertiary/aromatic N) is 1. The van der Waals surface area contributed by atoms with Gasteiger partial charge in [-0.1, -0.05) is 20.4 Å². The molecule has 2 spiro atoms. The third kappa shape index (κ3) is 1.52. The van der Waals surface area contributed by atoms with Crippen LogP contribution in [-0.2, 0) is 4.74 Å². The van der Waals surface area contributed by atoms with E-state index < -0.39 is 6.10 Å². The molecule has 0 amide bonds. The van der Waals surface area contributed by atoms with Crippen LogP contribution in [0.25, 0.3) is 0 Å². The Bertz CT molecular complexity index is 710. The first-order valence-corrected chi connectivity index (χ1v) is 11.2. The summed E-state index contributed by atoms with van der Waals surface area (Å²) in [5.41, 5.74) is 1.05. The van der Waals surface area contributed by atoms with E-state index in [2.05, 4.69) is 25.3 Å². The molecule has 150 valence electrons. The topological polar surface area (TPSA) is 52.9 Å². The monoisotopic (exact) mass is 373 g/mol. The fourth-order valence-electron chi connectivity index (χ4n) is 10.3. The maximum Gasteiger partial charge on any atom is 0.0814 e. The van der Waals surface area contributed by atoms with Gasteiger partial charge in [-0.3, -0.25) is 4.90 Å². The third-order valence-electron chi connectivity index (χ3n) is 10.8. The van der Waals surface area contributed by atoms with E-state index in [1.165, 1.54) is 19.4 Å². The van der Waals surface area contributed by atoms with Gasteiger partial charge in [-0.2, -0.15) is 0 Å². The van der Waals surface area contributed by atoms with Crippen molar-refractivity contribution in [2.24, 2.45) is 39.9 Å². The van der Waals surface area contributed by atoms with E-state index in [4.69, 9.17) is 4.74 Å². The van der Waals surface area contributed by atoms with Crippen LogP contribution in [0, 0.1) is 39.9 Å². The van der Waals surface area contributed by atoms with Crippen molar-refractivity contribution in [3.8, 4) is 0 Å². The summed E-state index contributed by atoms with van der Waals surface area (Å²) >= 11 is 0. The second-order valence-electron chi connectivity index (χ2n) is 11.0. The molecule has 0 aromatic rings. The average Bonchev–Trinajstić information content (AvgIpc) is 3.08. The summed E-state index contributed by atoms with van der Waals surface area (Å²) in [6, 6.07) is 0.449. The molecule has 6 aliphatic carbocycles. The first-order chi connectivity index (χ1) is 12.9. The van der Waals surface area contributed by atoms with Crippen LogP contribution >= 0.6 is 0 Å². The highest BCUT2D eigenvalue weighted by atomic mass is 16.5. The smallest absolute Gasteiger partial charge is 0.0814 e. The lowest BCUT2D eigenvalue weighted by Crippen LogP contribution is -2.72. The van der Waals surface area contributed by atoms with Crippen molar-refractivity contribution in [2.75, 3.05) is 20.2 Å². The molecule has 4 nitrogen and oxygen atoms in total. The first-order valence-electron chi connectivity index (χ1n) is 11.2. The van der Waals surface area contributed by atoms with Gasteiger partial charge in [-0.05, 0) is 61.5 Å². The van der Waals surface area contributed by atoms with E-state index in [1.54, 1.807) is 0 Å².